The van der Waals surface area contributed by atoms with E-state index in [-0.39, 0.29) is 0 Å². The van der Waals surface area contributed by atoms with Gasteiger partial charge in [0.05, 0.1) is 10.2 Å². The van der Waals surface area contributed by atoms with Crippen molar-refractivity contribution in [2.24, 2.45) is 0 Å². The van der Waals surface area contributed by atoms with Crippen LogP contribution < -0.4 is 5.32 Å². The standard InChI is InChI=1S/C27H18N4S2/c1-2-6-18(7-3-1)25-21-8-4-5-9-22(21)27(31-30-25)29-19-10-12-20(13-11-19)33-24-14-16-28-23-15-17-32-26(23)24/h1-17H,(H,29,31). The van der Waals surface area contributed by atoms with Gasteiger partial charge in [0, 0.05) is 38.0 Å². The molecule has 0 radical (unpaired) electrons. The van der Waals surface area contributed by atoms with E-state index in [1.54, 1.807) is 23.1 Å². The highest BCUT2D eigenvalue weighted by atomic mass is 32.2. The molecule has 0 saturated heterocycles. The number of aromatic nitrogens is 3. The summed E-state index contributed by atoms with van der Waals surface area (Å²) < 4.78 is 1.23. The lowest BCUT2D eigenvalue weighted by Gasteiger charge is -2.12. The molecule has 0 spiro atoms. The molecule has 158 valence electrons. The van der Waals surface area contributed by atoms with E-state index in [2.05, 4.69) is 86.5 Å². The van der Waals surface area contributed by atoms with Gasteiger partial charge in [-0.3, -0.25) is 4.98 Å². The van der Waals surface area contributed by atoms with Crippen molar-refractivity contribution in [3.63, 3.8) is 0 Å². The highest BCUT2D eigenvalue weighted by Crippen LogP contribution is 2.36. The molecule has 33 heavy (non-hydrogen) atoms. The largest absolute Gasteiger partial charge is 0.338 e. The van der Waals surface area contributed by atoms with Crippen LogP contribution in [0.2, 0.25) is 0 Å². The first-order chi connectivity index (χ1) is 16.3. The molecule has 3 aromatic heterocycles. The Bertz CT molecular complexity index is 1560. The summed E-state index contributed by atoms with van der Waals surface area (Å²) in [6.07, 6.45) is 1.87. The summed E-state index contributed by atoms with van der Waals surface area (Å²) in [4.78, 5) is 6.83. The van der Waals surface area contributed by atoms with E-state index >= 15 is 0 Å². The average Bonchev–Trinajstić information content (AvgIpc) is 3.36. The zero-order chi connectivity index (χ0) is 22.0. The number of hydrogen-bond donors (Lipinski definition) is 1. The molecule has 0 bridgehead atoms. The smallest absolute Gasteiger partial charge is 0.161 e. The Hall–Kier alpha value is -3.74. The van der Waals surface area contributed by atoms with Gasteiger partial charge in [0.1, 0.15) is 5.69 Å². The van der Waals surface area contributed by atoms with Crippen molar-refractivity contribution < 1.29 is 0 Å². The molecular weight excluding hydrogens is 444 g/mol. The first kappa shape index (κ1) is 19.9. The quantitative estimate of drug-likeness (QED) is 0.283. The fourth-order valence-electron chi connectivity index (χ4n) is 3.81. The maximum Gasteiger partial charge on any atom is 0.161 e. The fourth-order valence-corrected chi connectivity index (χ4v) is 5.69. The molecule has 6 rings (SSSR count). The van der Waals surface area contributed by atoms with E-state index in [1.807, 2.05) is 36.5 Å². The maximum atomic E-state index is 4.55. The van der Waals surface area contributed by atoms with E-state index < -0.39 is 0 Å². The highest BCUT2D eigenvalue weighted by Gasteiger charge is 2.11. The fraction of sp³-hybridized carbons (Fsp3) is 0. The molecule has 0 atom stereocenters. The maximum absolute atomic E-state index is 4.55. The first-order valence-corrected chi connectivity index (χ1v) is 12.2. The van der Waals surface area contributed by atoms with Crippen LogP contribution in [-0.2, 0) is 0 Å². The van der Waals surface area contributed by atoms with E-state index in [4.69, 9.17) is 0 Å². The molecule has 3 aromatic carbocycles. The summed E-state index contributed by atoms with van der Waals surface area (Å²) in [5.74, 6) is 0.750. The van der Waals surface area contributed by atoms with Crippen molar-refractivity contribution in [1.82, 2.24) is 15.2 Å². The van der Waals surface area contributed by atoms with Crippen LogP contribution >= 0.6 is 23.1 Å². The Morgan fingerprint density at radius 3 is 2.36 bits per heavy atom. The average molecular weight is 463 g/mol. The minimum atomic E-state index is 0.750. The highest BCUT2D eigenvalue weighted by molar-refractivity contribution is 7.99. The molecule has 0 fully saturated rings. The number of fused-ring (bicyclic) bond motifs is 2. The van der Waals surface area contributed by atoms with Crippen LogP contribution in [0.1, 0.15) is 0 Å². The molecular formula is C27H18N4S2. The second-order valence-electron chi connectivity index (χ2n) is 7.50. The van der Waals surface area contributed by atoms with Gasteiger partial charge in [0.15, 0.2) is 5.82 Å². The Balaban J connectivity index is 1.28. The topological polar surface area (TPSA) is 50.7 Å². The lowest BCUT2D eigenvalue weighted by atomic mass is 10.0. The molecule has 3 heterocycles. The van der Waals surface area contributed by atoms with E-state index in [0.29, 0.717) is 0 Å². The van der Waals surface area contributed by atoms with E-state index in [9.17, 15) is 0 Å². The predicted octanol–water partition coefficient (Wildman–Crippen LogP) is 7.80. The van der Waals surface area contributed by atoms with Crippen LogP contribution in [0.4, 0.5) is 11.5 Å². The number of anilines is 2. The molecule has 6 aromatic rings. The van der Waals surface area contributed by atoms with Crippen molar-refractivity contribution in [3.8, 4) is 11.3 Å². The first-order valence-electron chi connectivity index (χ1n) is 10.5. The van der Waals surface area contributed by atoms with Crippen LogP contribution in [-0.4, -0.2) is 15.2 Å². The van der Waals surface area contributed by atoms with Crippen molar-refractivity contribution in [1.29, 1.82) is 0 Å². The zero-order valence-corrected chi connectivity index (χ0v) is 19.1. The Labute approximate surface area is 199 Å². The summed E-state index contributed by atoms with van der Waals surface area (Å²) in [6, 6.07) is 31.0. The Morgan fingerprint density at radius 2 is 1.52 bits per heavy atom. The number of benzene rings is 3. The molecule has 0 aliphatic heterocycles. The molecule has 0 unspecified atom stereocenters. The van der Waals surface area contributed by atoms with Gasteiger partial charge in [0.2, 0.25) is 0 Å². The van der Waals surface area contributed by atoms with Crippen LogP contribution in [0.5, 0.6) is 0 Å². The van der Waals surface area contributed by atoms with Gasteiger partial charge in [0.25, 0.3) is 0 Å². The SMILES string of the molecule is c1ccc(-c2nnc(Nc3ccc(Sc4ccnc5ccsc45)cc3)c3ccccc23)cc1. The second-order valence-corrected chi connectivity index (χ2v) is 9.54. The number of nitrogens with one attached hydrogen (secondary N) is 1. The number of pyridine rings is 1. The molecule has 6 heteroatoms. The summed E-state index contributed by atoms with van der Waals surface area (Å²) in [6.45, 7) is 0. The molecule has 0 saturated carbocycles. The van der Waals surface area contributed by atoms with Gasteiger partial charge in [-0.1, -0.05) is 66.4 Å². The van der Waals surface area contributed by atoms with Crippen LogP contribution in [0.15, 0.2) is 112 Å². The monoisotopic (exact) mass is 462 g/mol. The van der Waals surface area contributed by atoms with Crippen LogP contribution in [0.25, 0.3) is 32.2 Å². The van der Waals surface area contributed by atoms with Crippen LogP contribution in [0.3, 0.4) is 0 Å². The molecule has 1 N–H and O–H groups in total. The van der Waals surface area contributed by atoms with Crippen LogP contribution in [0, 0.1) is 0 Å². The normalized spacial score (nSPS) is 11.2. The Kier molecular flexibility index (Phi) is 5.22. The van der Waals surface area contributed by atoms with Crippen molar-refractivity contribution in [3.05, 3.63) is 103 Å². The number of rotatable bonds is 5. The third-order valence-corrected chi connectivity index (χ3v) is 7.52. The van der Waals surface area contributed by atoms with Gasteiger partial charge < -0.3 is 5.32 Å². The Morgan fingerprint density at radius 1 is 0.727 bits per heavy atom. The van der Waals surface area contributed by atoms with Crippen molar-refractivity contribution in [2.75, 3.05) is 5.32 Å². The number of nitrogens with zero attached hydrogens (tertiary/aromatic N) is 3. The summed E-state index contributed by atoms with van der Waals surface area (Å²) in [5, 5.41) is 16.7. The third kappa shape index (κ3) is 3.95. The van der Waals surface area contributed by atoms with Gasteiger partial charge in [-0.25, -0.2) is 0 Å². The van der Waals surface area contributed by atoms with Gasteiger partial charge >= 0.3 is 0 Å². The lowest BCUT2D eigenvalue weighted by Crippen LogP contribution is -1.99. The summed E-state index contributed by atoms with van der Waals surface area (Å²) in [5.41, 5.74) is 3.97. The number of thiophene rings is 1. The second kappa shape index (κ2) is 8.65. The number of hydrogen-bond acceptors (Lipinski definition) is 6. The van der Waals surface area contributed by atoms with E-state index in [0.717, 1.165) is 39.1 Å². The summed E-state index contributed by atoms with van der Waals surface area (Å²) >= 11 is 3.48. The lowest BCUT2D eigenvalue weighted by molar-refractivity contribution is 1.06. The summed E-state index contributed by atoms with van der Waals surface area (Å²) in [7, 11) is 0. The predicted molar refractivity (Wildman–Crippen MR) is 138 cm³/mol. The van der Waals surface area contributed by atoms with Gasteiger partial charge in [-0.2, -0.15) is 0 Å². The third-order valence-electron chi connectivity index (χ3n) is 5.39. The molecule has 0 aliphatic rings. The zero-order valence-electron chi connectivity index (χ0n) is 17.5. The molecule has 4 nitrogen and oxygen atoms in total. The van der Waals surface area contributed by atoms with E-state index in [1.165, 1.54) is 14.5 Å². The molecule has 0 amide bonds. The van der Waals surface area contributed by atoms with Crippen molar-refractivity contribution >= 4 is 55.6 Å². The van der Waals surface area contributed by atoms with Crippen molar-refractivity contribution in [2.45, 2.75) is 9.79 Å². The molecule has 0 aliphatic carbocycles. The van der Waals surface area contributed by atoms with Gasteiger partial charge in [-0.15, -0.1) is 21.5 Å². The van der Waals surface area contributed by atoms with Gasteiger partial charge in [-0.05, 0) is 41.8 Å². The minimum Gasteiger partial charge on any atom is -0.338 e. The minimum absolute atomic E-state index is 0.750.